The van der Waals surface area contributed by atoms with Gasteiger partial charge in [0, 0.05) is 82.3 Å². The van der Waals surface area contributed by atoms with E-state index in [-0.39, 0.29) is 28.0 Å². The number of hydrogen-bond acceptors (Lipinski definition) is 9. The number of esters is 1. The van der Waals surface area contributed by atoms with E-state index in [0.717, 1.165) is 17.5 Å². The zero-order valence-electron chi connectivity index (χ0n) is 26.1. The minimum atomic E-state index is -3.68. The van der Waals surface area contributed by atoms with Crippen molar-refractivity contribution in [2.75, 3.05) is 77.7 Å². The lowest BCUT2D eigenvalue weighted by atomic mass is 10.1. The Morgan fingerprint density at radius 3 is 2.42 bits per heavy atom. The number of nitrogens with one attached hydrogen (secondary N) is 1. The number of sulfonamides is 1. The topological polar surface area (TPSA) is 135 Å². The van der Waals surface area contributed by atoms with Gasteiger partial charge in [-0.1, -0.05) is 42.3 Å². The SMILES string of the molecule is COc1cc(N)c(Cl)cc1C(=O)OCCN1CCN(C(=O)CCCCCNS(=O)(=O)c2cccc3c(N(C)C)cccc23)CC1. The van der Waals surface area contributed by atoms with E-state index in [1.807, 2.05) is 48.2 Å². The minimum absolute atomic E-state index is 0.0986. The second kappa shape index (κ2) is 15.6. The summed E-state index contributed by atoms with van der Waals surface area (Å²) >= 11 is 6.05. The summed E-state index contributed by atoms with van der Waals surface area (Å²) in [6.45, 7) is 3.63. The third-order valence-corrected chi connectivity index (χ3v) is 9.74. The average molecular weight is 660 g/mol. The molecule has 3 aromatic carbocycles. The van der Waals surface area contributed by atoms with E-state index in [1.165, 1.54) is 19.2 Å². The van der Waals surface area contributed by atoms with Crippen molar-refractivity contribution in [3.8, 4) is 5.75 Å². The summed E-state index contributed by atoms with van der Waals surface area (Å²) in [4.78, 5) is 31.5. The quantitative estimate of drug-likeness (QED) is 0.150. The first-order valence-electron chi connectivity index (χ1n) is 15.0. The zero-order chi connectivity index (χ0) is 32.6. The predicted molar refractivity (Wildman–Crippen MR) is 178 cm³/mol. The molecule has 0 atom stereocenters. The Bertz CT molecular complexity index is 1610. The monoisotopic (exact) mass is 659 g/mol. The van der Waals surface area contributed by atoms with Crippen LogP contribution in [-0.2, 0) is 19.6 Å². The van der Waals surface area contributed by atoms with Gasteiger partial charge in [0.2, 0.25) is 15.9 Å². The van der Waals surface area contributed by atoms with Gasteiger partial charge in [0.1, 0.15) is 17.9 Å². The maximum atomic E-state index is 13.1. The molecule has 3 aromatic rings. The number of nitrogens with two attached hydrogens (primary N) is 1. The number of rotatable bonds is 14. The Labute approximate surface area is 270 Å². The fourth-order valence-corrected chi connectivity index (χ4v) is 6.83. The molecule has 0 spiro atoms. The van der Waals surface area contributed by atoms with Crippen LogP contribution in [0, 0.1) is 0 Å². The van der Waals surface area contributed by atoms with Gasteiger partial charge in [-0.15, -0.1) is 0 Å². The van der Waals surface area contributed by atoms with E-state index in [4.69, 9.17) is 26.8 Å². The van der Waals surface area contributed by atoms with Crippen molar-refractivity contribution in [3.05, 3.63) is 59.1 Å². The molecule has 4 rings (SSSR count). The molecule has 1 heterocycles. The number of ether oxygens (including phenoxy) is 2. The molecule has 0 unspecified atom stereocenters. The van der Waals surface area contributed by atoms with E-state index < -0.39 is 16.0 Å². The molecule has 244 valence electrons. The third kappa shape index (κ3) is 8.78. The van der Waals surface area contributed by atoms with Crippen molar-refractivity contribution in [2.45, 2.75) is 30.6 Å². The van der Waals surface area contributed by atoms with E-state index in [9.17, 15) is 18.0 Å². The number of fused-ring (bicyclic) bond motifs is 1. The number of benzene rings is 3. The number of nitrogens with zero attached hydrogens (tertiary/aromatic N) is 3. The second-order valence-corrected chi connectivity index (χ2v) is 13.3. The lowest BCUT2D eigenvalue weighted by molar-refractivity contribution is -0.133. The summed E-state index contributed by atoms with van der Waals surface area (Å²) in [5.41, 5.74) is 7.27. The zero-order valence-corrected chi connectivity index (χ0v) is 27.6. The summed E-state index contributed by atoms with van der Waals surface area (Å²) in [5, 5.41) is 1.82. The Hall–Kier alpha value is -3.58. The van der Waals surface area contributed by atoms with E-state index in [1.54, 1.807) is 12.1 Å². The molecule has 13 heteroatoms. The first-order valence-corrected chi connectivity index (χ1v) is 16.9. The van der Waals surface area contributed by atoms with Gasteiger partial charge in [-0.25, -0.2) is 17.9 Å². The van der Waals surface area contributed by atoms with Crippen molar-refractivity contribution in [2.24, 2.45) is 0 Å². The number of halogens is 1. The Morgan fingerprint density at radius 1 is 1.00 bits per heavy atom. The van der Waals surface area contributed by atoms with Crippen LogP contribution in [0.25, 0.3) is 10.8 Å². The van der Waals surface area contributed by atoms with Gasteiger partial charge in [-0.05, 0) is 31.0 Å². The van der Waals surface area contributed by atoms with Crippen LogP contribution in [-0.4, -0.2) is 97.2 Å². The average Bonchev–Trinajstić information content (AvgIpc) is 3.03. The molecule has 1 amide bonds. The fourth-order valence-electron chi connectivity index (χ4n) is 5.37. The summed E-state index contributed by atoms with van der Waals surface area (Å²) in [7, 11) is 1.63. The highest BCUT2D eigenvalue weighted by atomic mass is 35.5. The molecule has 1 aliphatic rings. The third-order valence-electron chi connectivity index (χ3n) is 7.89. The number of carbonyl (C=O) groups is 2. The van der Waals surface area contributed by atoms with Crippen molar-refractivity contribution < 1.29 is 27.5 Å². The summed E-state index contributed by atoms with van der Waals surface area (Å²) in [5.74, 6) is -0.140. The molecule has 0 aliphatic carbocycles. The summed E-state index contributed by atoms with van der Waals surface area (Å²) in [6, 6.07) is 13.9. The number of piperazine rings is 1. The van der Waals surface area contributed by atoms with Crippen LogP contribution >= 0.6 is 11.6 Å². The van der Waals surface area contributed by atoms with E-state index >= 15 is 0 Å². The Kier molecular flexibility index (Phi) is 11.9. The Balaban J connectivity index is 1.13. The second-order valence-electron chi connectivity index (χ2n) is 11.2. The van der Waals surface area contributed by atoms with Crippen molar-refractivity contribution in [1.82, 2.24) is 14.5 Å². The molecule has 0 bridgehead atoms. The molecule has 0 aromatic heterocycles. The highest BCUT2D eigenvalue weighted by molar-refractivity contribution is 7.89. The molecule has 11 nitrogen and oxygen atoms in total. The van der Waals surface area contributed by atoms with Crippen LogP contribution in [0.15, 0.2) is 53.4 Å². The maximum absolute atomic E-state index is 13.1. The molecule has 1 aliphatic heterocycles. The van der Waals surface area contributed by atoms with Crippen LogP contribution in [0.1, 0.15) is 36.0 Å². The minimum Gasteiger partial charge on any atom is -0.496 e. The lowest BCUT2D eigenvalue weighted by Crippen LogP contribution is -2.49. The lowest BCUT2D eigenvalue weighted by Gasteiger charge is -2.34. The first kappa shape index (κ1) is 34.3. The van der Waals surface area contributed by atoms with Gasteiger partial charge < -0.3 is 25.0 Å². The number of carbonyl (C=O) groups excluding carboxylic acids is 2. The van der Waals surface area contributed by atoms with Gasteiger partial charge >= 0.3 is 5.97 Å². The van der Waals surface area contributed by atoms with Crippen molar-refractivity contribution in [1.29, 1.82) is 0 Å². The van der Waals surface area contributed by atoms with Crippen LogP contribution in [0.4, 0.5) is 11.4 Å². The molecule has 45 heavy (non-hydrogen) atoms. The predicted octanol–water partition coefficient (Wildman–Crippen LogP) is 3.99. The van der Waals surface area contributed by atoms with Gasteiger partial charge in [0.05, 0.1) is 22.7 Å². The Morgan fingerprint density at radius 2 is 1.71 bits per heavy atom. The van der Waals surface area contributed by atoms with Crippen molar-refractivity contribution in [3.63, 3.8) is 0 Å². The van der Waals surface area contributed by atoms with Crippen molar-refractivity contribution >= 4 is 55.6 Å². The highest BCUT2D eigenvalue weighted by Gasteiger charge is 2.22. The fraction of sp³-hybridized carbons (Fsp3) is 0.438. The molecule has 1 saturated heterocycles. The van der Waals surface area contributed by atoms with Gasteiger partial charge in [0.15, 0.2) is 0 Å². The highest BCUT2D eigenvalue weighted by Crippen LogP contribution is 2.31. The van der Waals surface area contributed by atoms with Gasteiger partial charge in [-0.3, -0.25) is 9.69 Å². The van der Waals surface area contributed by atoms with E-state index in [0.29, 0.717) is 75.4 Å². The smallest absolute Gasteiger partial charge is 0.342 e. The van der Waals surface area contributed by atoms with Crippen LogP contribution in [0.3, 0.4) is 0 Å². The van der Waals surface area contributed by atoms with Gasteiger partial charge in [-0.2, -0.15) is 0 Å². The molecule has 1 fully saturated rings. The number of methoxy groups -OCH3 is 1. The standard InChI is InChI=1S/C32H42ClN5O6S/c1-36(2)28-11-7-10-24-23(28)9-8-12-30(24)45(41,42)35-14-6-4-5-13-31(39)38-17-15-37(16-18-38)19-20-44-32(40)25-21-26(33)27(34)22-29(25)43-3/h7-12,21-22,35H,4-6,13-20,34H2,1-3H3. The number of anilines is 2. The van der Waals surface area contributed by atoms with Crippen LogP contribution < -0.4 is 20.1 Å². The largest absolute Gasteiger partial charge is 0.496 e. The molecule has 3 N–H and O–H groups in total. The number of unbranched alkanes of at least 4 members (excludes halogenated alkanes) is 2. The molecular weight excluding hydrogens is 618 g/mol. The summed E-state index contributed by atoms with van der Waals surface area (Å²) < 4.78 is 39.5. The van der Waals surface area contributed by atoms with E-state index in [2.05, 4.69) is 9.62 Å². The van der Waals surface area contributed by atoms with Crippen LogP contribution in [0.5, 0.6) is 5.75 Å². The first-order chi connectivity index (χ1) is 21.5. The molecule has 0 saturated carbocycles. The normalized spacial score (nSPS) is 14.0. The number of nitrogen functional groups attached to an aromatic ring is 1. The van der Waals surface area contributed by atoms with Crippen LogP contribution in [0.2, 0.25) is 5.02 Å². The maximum Gasteiger partial charge on any atom is 0.342 e. The number of amides is 1. The number of hydrogen-bond donors (Lipinski definition) is 2. The molecule has 0 radical (unpaired) electrons. The summed E-state index contributed by atoms with van der Waals surface area (Å²) in [6.07, 6.45) is 2.49. The molecular formula is C32H42ClN5O6S. The van der Waals surface area contributed by atoms with Gasteiger partial charge in [0.25, 0.3) is 0 Å².